The lowest BCUT2D eigenvalue weighted by Crippen LogP contribution is -2.07. The van der Waals surface area contributed by atoms with E-state index < -0.39 is 0 Å². The summed E-state index contributed by atoms with van der Waals surface area (Å²) in [5.41, 5.74) is 6.59. The minimum atomic E-state index is 0.586. The van der Waals surface area contributed by atoms with Gasteiger partial charge in [-0.1, -0.05) is 6.92 Å². The number of aromatic nitrogens is 3. The van der Waals surface area contributed by atoms with Crippen molar-refractivity contribution in [3.8, 4) is 0 Å². The average Bonchev–Trinajstić information content (AvgIpc) is 2.69. The van der Waals surface area contributed by atoms with Crippen molar-refractivity contribution >= 4 is 17.5 Å². The molecule has 0 bridgehead atoms. The van der Waals surface area contributed by atoms with E-state index in [0.29, 0.717) is 5.25 Å². The van der Waals surface area contributed by atoms with Gasteiger partial charge < -0.3 is 5.73 Å². The molecule has 0 aliphatic carbocycles. The predicted octanol–water partition coefficient (Wildman–Crippen LogP) is 1.70. The summed E-state index contributed by atoms with van der Waals surface area (Å²) < 4.78 is 1.95. The van der Waals surface area contributed by atoms with Crippen molar-refractivity contribution in [3.05, 3.63) is 30.4 Å². The van der Waals surface area contributed by atoms with Crippen molar-refractivity contribution in [2.24, 2.45) is 5.73 Å². The Labute approximate surface area is 99.3 Å². The van der Waals surface area contributed by atoms with Gasteiger partial charge in [-0.05, 0) is 19.0 Å². The van der Waals surface area contributed by atoms with Gasteiger partial charge in [-0.2, -0.15) is 11.8 Å². The first-order valence-corrected chi connectivity index (χ1v) is 6.44. The molecule has 0 aromatic carbocycles. The molecule has 0 fully saturated rings. The zero-order valence-electron chi connectivity index (χ0n) is 9.34. The van der Waals surface area contributed by atoms with Crippen LogP contribution in [0.25, 0.3) is 5.78 Å². The minimum absolute atomic E-state index is 0.586. The summed E-state index contributed by atoms with van der Waals surface area (Å²) >= 11 is 1.89. The number of rotatable bonds is 5. The van der Waals surface area contributed by atoms with Gasteiger partial charge in [0, 0.05) is 29.6 Å². The smallest absolute Gasteiger partial charge is 0.233 e. The van der Waals surface area contributed by atoms with Crippen LogP contribution in [0.4, 0.5) is 0 Å². The zero-order chi connectivity index (χ0) is 11.4. The largest absolute Gasteiger partial charge is 0.330 e. The molecule has 1 unspecified atom stereocenters. The molecule has 0 radical (unpaired) electrons. The number of thioether (sulfide) groups is 1. The average molecular weight is 236 g/mol. The highest BCUT2D eigenvalue weighted by Gasteiger charge is 2.05. The van der Waals surface area contributed by atoms with Gasteiger partial charge in [-0.15, -0.1) is 0 Å². The van der Waals surface area contributed by atoms with Gasteiger partial charge in [-0.3, -0.25) is 4.40 Å². The molecule has 16 heavy (non-hydrogen) atoms. The van der Waals surface area contributed by atoms with Crippen LogP contribution in [0, 0.1) is 0 Å². The molecule has 2 aromatic rings. The van der Waals surface area contributed by atoms with Crippen LogP contribution >= 0.6 is 11.8 Å². The zero-order valence-corrected chi connectivity index (χ0v) is 10.2. The Kier molecular flexibility index (Phi) is 3.79. The van der Waals surface area contributed by atoms with E-state index in [4.69, 9.17) is 5.73 Å². The second-order valence-corrected chi connectivity index (χ2v) is 5.18. The van der Waals surface area contributed by atoms with Crippen molar-refractivity contribution in [3.63, 3.8) is 0 Å². The Balaban J connectivity index is 1.99. The molecular weight excluding hydrogens is 220 g/mol. The molecule has 4 nitrogen and oxygen atoms in total. The number of fused-ring (bicyclic) bond motifs is 1. The molecule has 0 saturated carbocycles. The van der Waals surface area contributed by atoms with Crippen LogP contribution in [0.15, 0.2) is 24.7 Å². The van der Waals surface area contributed by atoms with E-state index in [1.165, 1.54) is 0 Å². The number of imidazole rings is 1. The third kappa shape index (κ3) is 2.74. The van der Waals surface area contributed by atoms with Crippen molar-refractivity contribution in [1.82, 2.24) is 14.4 Å². The van der Waals surface area contributed by atoms with Crippen LogP contribution in [0.2, 0.25) is 0 Å². The van der Waals surface area contributed by atoms with Gasteiger partial charge in [0.2, 0.25) is 5.78 Å². The molecule has 0 amide bonds. The Morgan fingerprint density at radius 1 is 1.56 bits per heavy atom. The van der Waals surface area contributed by atoms with Gasteiger partial charge in [0.25, 0.3) is 0 Å². The van der Waals surface area contributed by atoms with Crippen molar-refractivity contribution in [2.75, 3.05) is 6.54 Å². The van der Waals surface area contributed by atoms with Gasteiger partial charge in [-0.25, -0.2) is 9.97 Å². The molecule has 2 rings (SSSR count). The van der Waals surface area contributed by atoms with E-state index in [2.05, 4.69) is 16.9 Å². The van der Waals surface area contributed by atoms with Crippen LogP contribution in [0.1, 0.15) is 19.0 Å². The monoisotopic (exact) mass is 236 g/mol. The normalized spacial score (nSPS) is 13.1. The quantitative estimate of drug-likeness (QED) is 0.858. The van der Waals surface area contributed by atoms with E-state index in [9.17, 15) is 0 Å². The number of hydrogen-bond acceptors (Lipinski definition) is 4. The highest BCUT2D eigenvalue weighted by atomic mass is 32.2. The van der Waals surface area contributed by atoms with E-state index >= 15 is 0 Å². The molecule has 1 atom stereocenters. The first-order chi connectivity index (χ1) is 7.79. The molecule has 86 valence electrons. The lowest BCUT2D eigenvalue weighted by atomic mass is 10.3. The van der Waals surface area contributed by atoms with Crippen LogP contribution in [0.3, 0.4) is 0 Å². The predicted molar refractivity (Wildman–Crippen MR) is 67.4 cm³/mol. The summed E-state index contributed by atoms with van der Waals surface area (Å²) in [6.45, 7) is 2.95. The third-order valence-corrected chi connectivity index (χ3v) is 3.64. The summed E-state index contributed by atoms with van der Waals surface area (Å²) in [6.07, 6.45) is 6.81. The highest BCUT2D eigenvalue weighted by molar-refractivity contribution is 7.99. The number of hydrogen-bond donors (Lipinski definition) is 1. The lowest BCUT2D eigenvalue weighted by molar-refractivity contribution is 0.822. The lowest BCUT2D eigenvalue weighted by Gasteiger charge is -2.07. The maximum Gasteiger partial charge on any atom is 0.233 e. The fourth-order valence-electron chi connectivity index (χ4n) is 1.49. The molecule has 0 aliphatic heterocycles. The third-order valence-electron chi connectivity index (χ3n) is 2.37. The first kappa shape index (κ1) is 11.4. The standard InChI is InChI=1S/C11H16N4S/c1-9(3-4-12)16-8-10-7-15-6-2-5-13-11(15)14-10/h2,5-7,9H,3-4,8,12H2,1H3. The van der Waals surface area contributed by atoms with E-state index in [-0.39, 0.29) is 0 Å². The van der Waals surface area contributed by atoms with Gasteiger partial charge in [0.1, 0.15) is 0 Å². The summed E-state index contributed by atoms with van der Waals surface area (Å²) in [6, 6.07) is 1.91. The molecule has 0 aliphatic rings. The van der Waals surface area contributed by atoms with E-state index in [1.54, 1.807) is 6.20 Å². The first-order valence-electron chi connectivity index (χ1n) is 5.40. The van der Waals surface area contributed by atoms with E-state index in [0.717, 1.165) is 30.2 Å². The second kappa shape index (κ2) is 5.32. The summed E-state index contributed by atoms with van der Waals surface area (Å²) in [5.74, 6) is 1.69. The molecular formula is C11H16N4S. The second-order valence-electron chi connectivity index (χ2n) is 3.76. The summed E-state index contributed by atoms with van der Waals surface area (Å²) in [5, 5.41) is 0.586. The number of nitrogens with zero attached hydrogens (tertiary/aromatic N) is 3. The van der Waals surface area contributed by atoms with Crippen LogP contribution in [-0.4, -0.2) is 26.2 Å². The highest BCUT2D eigenvalue weighted by Crippen LogP contribution is 2.18. The Morgan fingerprint density at radius 2 is 2.44 bits per heavy atom. The van der Waals surface area contributed by atoms with Gasteiger partial charge in [0.15, 0.2) is 0 Å². The van der Waals surface area contributed by atoms with Crippen LogP contribution in [0.5, 0.6) is 0 Å². The minimum Gasteiger partial charge on any atom is -0.330 e. The van der Waals surface area contributed by atoms with Crippen molar-refractivity contribution < 1.29 is 0 Å². The SMILES string of the molecule is CC(CCN)SCc1cn2cccnc2n1. The van der Waals surface area contributed by atoms with Crippen molar-refractivity contribution in [1.29, 1.82) is 0 Å². The Hall–Kier alpha value is -1.07. The molecule has 2 heterocycles. The fraction of sp³-hybridized carbons (Fsp3) is 0.455. The summed E-state index contributed by atoms with van der Waals surface area (Å²) in [4.78, 5) is 8.63. The molecule has 2 aromatic heterocycles. The van der Waals surface area contributed by atoms with Crippen molar-refractivity contribution in [2.45, 2.75) is 24.3 Å². The molecule has 0 saturated heterocycles. The fourth-order valence-corrected chi connectivity index (χ4v) is 2.39. The van der Waals surface area contributed by atoms with Crippen LogP contribution in [-0.2, 0) is 5.75 Å². The summed E-state index contributed by atoms with van der Waals surface area (Å²) in [7, 11) is 0. The maximum absolute atomic E-state index is 5.52. The number of nitrogens with two attached hydrogens (primary N) is 1. The van der Waals surface area contributed by atoms with Gasteiger partial charge in [0.05, 0.1) is 5.69 Å². The van der Waals surface area contributed by atoms with Crippen LogP contribution < -0.4 is 5.73 Å². The van der Waals surface area contributed by atoms with Gasteiger partial charge >= 0.3 is 0 Å². The Bertz CT molecular complexity index is 421. The van der Waals surface area contributed by atoms with E-state index in [1.807, 2.05) is 34.6 Å². The molecule has 0 spiro atoms. The molecule has 5 heteroatoms. The Morgan fingerprint density at radius 3 is 3.19 bits per heavy atom. The molecule has 2 N–H and O–H groups in total. The maximum atomic E-state index is 5.52. The topological polar surface area (TPSA) is 56.2 Å².